The molecule has 2 amide bonds. The van der Waals surface area contributed by atoms with Gasteiger partial charge in [0.05, 0.1) is 6.04 Å². The van der Waals surface area contributed by atoms with Crippen molar-refractivity contribution in [3.8, 4) is 0 Å². The number of carbonyl (C=O) groups excluding carboxylic acids is 2. The van der Waals surface area contributed by atoms with E-state index in [4.69, 9.17) is 0 Å². The molecule has 2 aromatic rings. The zero-order chi connectivity index (χ0) is 20.4. The first kappa shape index (κ1) is 21.4. The second-order valence-electron chi connectivity index (χ2n) is 6.73. The largest absolute Gasteiger partial charge is 0.351 e. The summed E-state index contributed by atoms with van der Waals surface area (Å²) in [5, 5.41) is 2.87. The highest BCUT2D eigenvalue weighted by Crippen LogP contribution is 2.27. The SMILES string of the molecule is C=CCNC(=O)C(CCCC)N(C(=O)c1ccncc1)C(C)c1ccccc1. The number of unbranched alkanes of at least 4 members (excludes halogenated alkanes) is 1. The number of nitrogens with one attached hydrogen (secondary N) is 1. The highest BCUT2D eigenvalue weighted by atomic mass is 16.2. The number of rotatable bonds is 10. The smallest absolute Gasteiger partial charge is 0.255 e. The number of pyridine rings is 1. The minimum absolute atomic E-state index is 0.154. The first-order valence-corrected chi connectivity index (χ1v) is 9.76. The van der Waals surface area contributed by atoms with Crippen molar-refractivity contribution in [1.29, 1.82) is 0 Å². The molecule has 148 valence electrons. The van der Waals surface area contributed by atoms with E-state index in [1.165, 1.54) is 0 Å². The lowest BCUT2D eigenvalue weighted by molar-refractivity contribution is -0.126. The third kappa shape index (κ3) is 5.52. The van der Waals surface area contributed by atoms with E-state index in [2.05, 4.69) is 23.8 Å². The van der Waals surface area contributed by atoms with E-state index < -0.39 is 6.04 Å². The second kappa shape index (κ2) is 11.0. The number of hydrogen-bond acceptors (Lipinski definition) is 3. The van der Waals surface area contributed by atoms with E-state index in [1.54, 1.807) is 35.5 Å². The summed E-state index contributed by atoms with van der Waals surface area (Å²) < 4.78 is 0. The summed E-state index contributed by atoms with van der Waals surface area (Å²) >= 11 is 0. The molecule has 0 saturated heterocycles. The van der Waals surface area contributed by atoms with E-state index in [-0.39, 0.29) is 17.9 Å². The van der Waals surface area contributed by atoms with Crippen molar-refractivity contribution in [1.82, 2.24) is 15.2 Å². The van der Waals surface area contributed by atoms with Crippen molar-refractivity contribution in [2.24, 2.45) is 0 Å². The topological polar surface area (TPSA) is 62.3 Å². The van der Waals surface area contributed by atoms with E-state index >= 15 is 0 Å². The Labute approximate surface area is 167 Å². The molecule has 2 unspecified atom stereocenters. The molecule has 1 N–H and O–H groups in total. The Bertz CT molecular complexity index is 762. The number of carbonyl (C=O) groups is 2. The van der Waals surface area contributed by atoms with Crippen LogP contribution in [0.2, 0.25) is 0 Å². The van der Waals surface area contributed by atoms with Gasteiger partial charge in [-0.3, -0.25) is 14.6 Å². The molecule has 2 atom stereocenters. The molecule has 0 aliphatic rings. The Hall–Kier alpha value is -2.95. The first-order valence-electron chi connectivity index (χ1n) is 9.76. The van der Waals surface area contributed by atoms with Crippen LogP contribution in [0.3, 0.4) is 0 Å². The number of amides is 2. The van der Waals surface area contributed by atoms with Crippen molar-refractivity contribution in [2.45, 2.75) is 45.2 Å². The minimum atomic E-state index is -0.559. The zero-order valence-corrected chi connectivity index (χ0v) is 16.7. The summed E-state index contributed by atoms with van der Waals surface area (Å²) in [5.74, 6) is -0.327. The van der Waals surface area contributed by atoms with Crippen molar-refractivity contribution in [3.05, 3.63) is 78.6 Å². The molecule has 5 nitrogen and oxygen atoms in total. The number of benzene rings is 1. The lowest BCUT2D eigenvalue weighted by Crippen LogP contribution is -2.50. The highest BCUT2D eigenvalue weighted by Gasteiger charge is 2.34. The lowest BCUT2D eigenvalue weighted by Gasteiger charge is -2.36. The van der Waals surface area contributed by atoms with Crippen molar-refractivity contribution in [3.63, 3.8) is 0 Å². The van der Waals surface area contributed by atoms with Gasteiger partial charge in [-0.25, -0.2) is 0 Å². The van der Waals surface area contributed by atoms with E-state index in [0.29, 0.717) is 18.5 Å². The van der Waals surface area contributed by atoms with Crippen LogP contribution in [0.25, 0.3) is 0 Å². The second-order valence-corrected chi connectivity index (χ2v) is 6.73. The van der Waals surface area contributed by atoms with Gasteiger partial charge in [0.2, 0.25) is 5.91 Å². The fourth-order valence-corrected chi connectivity index (χ4v) is 3.21. The monoisotopic (exact) mass is 379 g/mol. The van der Waals surface area contributed by atoms with E-state index in [9.17, 15) is 9.59 Å². The molecule has 5 heteroatoms. The molecule has 0 aliphatic heterocycles. The molecule has 0 spiro atoms. The predicted molar refractivity (Wildman–Crippen MR) is 112 cm³/mol. The van der Waals surface area contributed by atoms with Gasteiger partial charge in [0, 0.05) is 24.5 Å². The molecule has 1 aromatic carbocycles. The number of nitrogens with zero attached hydrogens (tertiary/aromatic N) is 2. The van der Waals surface area contributed by atoms with Crippen LogP contribution < -0.4 is 5.32 Å². The van der Waals surface area contributed by atoms with Crippen LogP contribution in [0.5, 0.6) is 0 Å². The van der Waals surface area contributed by atoms with Crippen LogP contribution in [0.1, 0.15) is 55.1 Å². The van der Waals surface area contributed by atoms with Gasteiger partial charge in [0.1, 0.15) is 6.04 Å². The molecule has 0 bridgehead atoms. The first-order chi connectivity index (χ1) is 13.6. The summed E-state index contributed by atoms with van der Waals surface area (Å²) in [6, 6.07) is 12.4. The summed E-state index contributed by atoms with van der Waals surface area (Å²) in [6.07, 6.45) is 7.24. The normalized spacial score (nSPS) is 12.6. The van der Waals surface area contributed by atoms with Gasteiger partial charge in [0.15, 0.2) is 0 Å². The fraction of sp³-hybridized carbons (Fsp3) is 0.348. The summed E-state index contributed by atoms with van der Waals surface area (Å²) in [7, 11) is 0. The maximum atomic E-state index is 13.4. The molecule has 1 aromatic heterocycles. The van der Waals surface area contributed by atoms with Crippen molar-refractivity contribution >= 4 is 11.8 Å². The van der Waals surface area contributed by atoms with Crippen LogP contribution in [0.15, 0.2) is 67.5 Å². The minimum Gasteiger partial charge on any atom is -0.351 e. The molecular formula is C23H29N3O2. The van der Waals surface area contributed by atoms with Crippen LogP contribution in [-0.4, -0.2) is 34.3 Å². The van der Waals surface area contributed by atoms with Crippen LogP contribution in [0.4, 0.5) is 0 Å². The quantitative estimate of drug-likeness (QED) is 0.631. The molecule has 0 fully saturated rings. The van der Waals surface area contributed by atoms with Gasteiger partial charge in [-0.05, 0) is 31.0 Å². The molecule has 0 aliphatic carbocycles. The van der Waals surface area contributed by atoms with Gasteiger partial charge in [-0.2, -0.15) is 0 Å². The Morgan fingerprint density at radius 2 is 1.86 bits per heavy atom. The summed E-state index contributed by atoms with van der Waals surface area (Å²) in [5.41, 5.74) is 1.51. The molecule has 0 saturated carbocycles. The summed E-state index contributed by atoms with van der Waals surface area (Å²) in [6.45, 7) is 8.08. The number of hydrogen-bond donors (Lipinski definition) is 1. The van der Waals surface area contributed by atoms with Crippen LogP contribution >= 0.6 is 0 Å². The van der Waals surface area contributed by atoms with Gasteiger partial charge in [-0.1, -0.05) is 56.2 Å². The maximum Gasteiger partial charge on any atom is 0.255 e. The fourth-order valence-electron chi connectivity index (χ4n) is 3.21. The van der Waals surface area contributed by atoms with Crippen molar-refractivity contribution in [2.75, 3.05) is 6.54 Å². The van der Waals surface area contributed by atoms with Gasteiger partial charge in [0.25, 0.3) is 5.91 Å². The Morgan fingerprint density at radius 1 is 1.18 bits per heavy atom. The third-order valence-electron chi connectivity index (χ3n) is 4.75. The van der Waals surface area contributed by atoms with Crippen LogP contribution in [-0.2, 0) is 4.79 Å². The zero-order valence-electron chi connectivity index (χ0n) is 16.7. The highest BCUT2D eigenvalue weighted by molar-refractivity contribution is 5.97. The molecule has 2 rings (SSSR count). The van der Waals surface area contributed by atoms with E-state index in [0.717, 1.165) is 18.4 Å². The molecular weight excluding hydrogens is 350 g/mol. The Kier molecular flexibility index (Phi) is 8.40. The lowest BCUT2D eigenvalue weighted by atomic mass is 9.99. The summed E-state index contributed by atoms with van der Waals surface area (Å²) in [4.78, 5) is 32.1. The standard InChI is InChI=1S/C23H29N3O2/c1-4-6-12-21(22(27)25-15-5-2)26(18(3)19-10-8-7-9-11-19)23(28)20-13-16-24-17-14-20/h5,7-11,13-14,16-18,21H,2,4,6,12,15H2,1,3H3,(H,25,27). The van der Waals surface area contributed by atoms with Gasteiger partial charge in [-0.15, -0.1) is 6.58 Å². The molecule has 1 heterocycles. The predicted octanol–water partition coefficient (Wildman–Crippen LogP) is 4.15. The molecule has 28 heavy (non-hydrogen) atoms. The van der Waals surface area contributed by atoms with Gasteiger partial charge < -0.3 is 10.2 Å². The average Bonchev–Trinajstić information content (AvgIpc) is 2.75. The third-order valence-corrected chi connectivity index (χ3v) is 4.75. The Morgan fingerprint density at radius 3 is 2.46 bits per heavy atom. The van der Waals surface area contributed by atoms with Gasteiger partial charge >= 0.3 is 0 Å². The average molecular weight is 380 g/mol. The van der Waals surface area contributed by atoms with Crippen molar-refractivity contribution < 1.29 is 9.59 Å². The number of aromatic nitrogens is 1. The maximum absolute atomic E-state index is 13.4. The van der Waals surface area contributed by atoms with E-state index in [1.807, 2.05) is 37.3 Å². The molecule has 0 radical (unpaired) electrons. The van der Waals surface area contributed by atoms with Crippen LogP contribution in [0, 0.1) is 0 Å². The Balaban J connectivity index is 2.44.